The van der Waals surface area contributed by atoms with Crippen LogP contribution in [0.1, 0.15) is 19.8 Å². The molecular formula is C14H26F3N5O. The van der Waals surface area contributed by atoms with Gasteiger partial charge in [0.1, 0.15) is 0 Å². The van der Waals surface area contributed by atoms with Crippen LogP contribution < -0.4 is 10.6 Å². The molecule has 23 heavy (non-hydrogen) atoms. The molecule has 9 heteroatoms. The molecule has 1 aliphatic rings. The van der Waals surface area contributed by atoms with Crippen molar-refractivity contribution in [3.8, 4) is 0 Å². The number of carbonyl (C=O) groups excluding carboxylic acids is 1. The molecule has 1 heterocycles. The summed E-state index contributed by atoms with van der Waals surface area (Å²) in [4.78, 5) is 18.7. The van der Waals surface area contributed by atoms with E-state index in [1.807, 2.05) is 11.8 Å². The summed E-state index contributed by atoms with van der Waals surface area (Å²) >= 11 is 0. The fraction of sp³-hybridized carbons (Fsp3) is 0.857. The largest absolute Gasteiger partial charge is 0.401 e. The van der Waals surface area contributed by atoms with Crippen LogP contribution in [0.2, 0.25) is 0 Å². The van der Waals surface area contributed by atoms with Gasteiger partial charge in [0.15, 0.2) is 5.96 Å². The Morgan fingerprint density at radius 1 is 1.43 bits per heavy atom. The van der Waals surface area contributed by atoms with Crippen molar-refractivity contribution in [1.82, 2.24) is 20.4 Å². The molecule has 1 fully saturated rings. The number of likely N-dealkylation sites (tertiary alicyclic amines) is 1. The molecule has 0 aromatic heterocycles. The van der Waals surface area contributed by atoms with Crippen molar-refractivity contribution in [2.45, 2.75) is 32.0 Å². The van der Waals surface area contributed by atoms with Crippen molar-refractivity contribution in [3.63, 3.8) is 0 Å². The van der Waals surface area contributed by atoms with Crippen molar-refractivity contribution in [2.75, 3.05) is 46.8 Å². The molecule has 1 aliphatic heterocycles. The molecule has 2 N–H and O–H groups in total. The predicted octanol–water partition coefficient (Wildman–Crippen LogP) is 0.656. The van der Waals surface area contributed by atoms with Crippen molar-refractivity contribution in [3.05, 3.63) is 0 Å². The lowest BCUT2D eigenvalue weighted by Gasteiger charge is -2.21. The first-order valence-electron chi connectivity index (χ1n) is 7.75. The third-order valence-electron chi connectivity index (χ3n) is 3.64. The average Bonchev–Trinajstić information content (AvgIpc) is 2.92. The van der Waals surface area contributed by atoms with Crippen LogP contribution in [0.5, 0.6) is 0 Å². The van der Waals surface area contributed by atoms with Gasteiger partial charge in [-0.3, -0.25) is 14.7 Å². The molecule has 0 radical (unpaired) electrons. The maximum Gasteiger partial charge on any atom is 0.401 e. The number of rotatable bonds is 6. The van der Waals surface area contributed by atoms with Crippen LogP contribution >= 0.6 is 0 Å². The highest BCUT2D eigenvalue weighted by molar-refractivity contribution is 5.80. The van der Waals surface area contributed by atoms with Crippen molar-refractivity contribution in [1.29, 1.82) is 0 Å². The number of halogens is 3. The summed E-state index contributed by atoms with van der Waals surface area (Å²) in [5.74, 6) is 0.673. The van der Waals surface area contributed by atoms with E-state index in [0.717, 1.165) is 13.0 Å². The lowest BCUT2D eigenvalue weighted by Crippen LogP contribution is -2.47. The van der Waals surface area contributed by atoms with Crippen LogP contribution in [0.3, 0.4) is 0 Å². The van der Waals surface area contributed by atoms with E-state index < -0.39 is 12.7 Å². The fourth-order valence-electron chi connectivity index (χ4n) is 2.47. The van der Waals surface area contributed by atoms with E-state index in [1.165, 1.54) is 11.9 Å². The summed E-state index contributed by atoms with van der Waals surface area (Å²) in [6.07, 6.45) is -2.86. The molecular weight excluding hydrogens is 311 g/mol. The summed E-state index contributed by atoms with van der Waals surface area (Å²) in [5.41, 5.74) is 0. The highest BCUT2D eigenvalue weighted by Crippen LogP contribution is 2.15. The maximum absolute atomic E-state index is 12.2. The molecule has 0 bridgehead atoms. The monoisotopic (exact) mass is 337 g/mol. The van der Waals surface area contributed by atoms with E-state index in [2.05, 4.69) is 15.6 Å². The molecule has 1 unspecified atom stereocenters. The Balaban J connectivity index is 2.29. The van der Waals surface area contributed by atoms with Gasteiger partial charge in [0.05, 0.1) is 6.54 Å². The Morgan fingerprint density at radius 3 is 2.70 bits per heavy atom. The van der Waals surface area contributed by atoms with E-state index in [4.69, 9.17) is 0 Å². The molecule has 0 aliphatic carbocycles. The van der Waals surface area contributed by atoms with Gasteiger partial charge < -0.3 is 15.5 Å². The van der Waals surface area contributed by atoms with Crippen molar-refractivity contribution in [2.24, 2.45) is 4.99 Å². The zero-order chi connectivity index (χ0) is 17.5. The summed E-state index contributed by atoms with van der Waals surface area (Å²) in [7, 11) is 3.04. The van der Waals surface area contributed by atoms with E-state index in [-0.39, 0.29) is 18.5 Å². The average molecular weight is 337 g/mol. The molecule has 0 saturated carbocycles. The van der Waals surface area contributed by atoms with Gasteiger partial charge in [0.2, 0.25) is 5.91 Å². The van der Waals surface area contributed by atoms with E-state index in [9.17, 15) is 18.0 Å². The third kappa shape index (κ3) is 7.54. The first kappa shape index (κ1) is 19.5. The quantitative estimate of drug-likeness (QED) is 0.552. The lowest BCUT2D eigenvalue weighted by molar-refractivity contribution is -0.142. The highest BCUT2D eigenvalue weighted by Gasteiger charge is 2.29. The molecule has 0 aromatic carbocycles. The Kier molecular flexibility index (Phi) is 7.60. The number of amides is 1. The topological polar surface area (TPSA) is 60.0 Å². The predicted molar refractivity (Wildman–Crippen MR) is 83.3 cm³/mol. The lowest BCUT2D eigenvalue weighted by atomic mass is 10.3. The summed E-state index contributed by atoms with van der Waals surface area (Å²) in [6, 6.07) is 0.115. The number of hydrogen-bond acceptors (Lipinski definition) is 3. The molecule has 134 valence electrons. The van der Waals surface area contributed by atoms with Gasteiger partial charge in [-0.1, -0.05) is 6.92 Å². The highest BCUT2D eigenvalue weighted by atomic mass is 19.4. The van der Waals surface area contributed by atoms with Crippen LogP contribution in [-0.4, -0.2) is 80.7 Å². The minimum atomic E-state index is -4.19. The van der Waals surface area contributed by atoms with E-state index in [0.29, 0.717) is 25.5 Å². The molecule has 0 spiro atoms. The molecule has 0 aromatic rings. The second-order valence-electron chi connectivity index (χ2n) is 5.68. The Hall–Kier alpha value is -1.51. The Morgan fingerprint density at radius 2 is 2.13 bits per heavy atom. The van der Waals surface area contributed by atoms with Crippen molar-refractivity contribution < 1.29 is 18.0 Å². The molecule has 1 saturated heterocycles. The first-order valence-corrected chi connectivity index (χ1v) is 7.75. The number of likely N-dealkylation sites (N-methyl/N-ethyl adjacent to an activating group) is 1. The number of carbonyl (C=O) groups is 1. The summed E-state index contributed by atoms with van der Waals surface area (Å²) in [5, 5.41) is 6.20. The smallest absolute Gasteiger partial charge is 0.355 e. The van der Waals surface area contributed by atoms with E-state index in [1.54, 1.807) is 7.05 Å². The van der Waals surface area contributed by atoms with Crippen LogP contribution in [-0.2, 0) is 4.79 Å². The van der Waals surface area contributed by atoms with Crippen LogP contribution in [0, 0.1) is 0 Å². The third-order valence-corrected chi connectivity index (χ3v) is 3.64. The van der Waals surface area contributed by atoms with Gasteiger partial charge in [0.25, 0.3) is 0 Å². The minimum absolute atomic E-state index is 0.115. The first-order chi connectivity index (χ1) is 10.7. The normalized spacial score (nSPS) is 19.3. The number of nitrogens with one attached hydrogen (secondary N) is 2. The van der Waals surface area contributed by atoms with E-state index >= 15 is 0 Å². The van der Waals surface area contributed by atoms with Crippen LogP contribution in [0.25, 0.3) is 0 Å². The fourth-order valence-corrected chi connectivity index (χ4v) is 2.47. The second-order valence-corrected chi connectivity index (χ2v) is 5.68. The SMILES string of the molecule is CCC(=O)N1CCC(NC(=NC)NCCN(C)CC(F)(F)F)C1. The number of nitrogens with zero attached hydrogens (tertiary/aromatic N) is 3. The van der Waals surface area contributed by atoms with Crippen molar-refractivity contribution >= 4 is 11.9 Å². The van der Waals surface area contributed by atoms with Gasteiger partial charge in [-0.15, -0.1) is 0 Å². The van der Waals surface area contributed by atoms with Gasteiger partial charge in [0, 0.05) is 45.7 Å². The second kappa shape index (κ2) is 8.95. The van der Waals surface area contributed by atoms with Gasteiger partial charge in [-0.05, 0) is 13.5 Å². The van der Waals surface area contributed by atoms with Crippen LogP contribution in [0.15, 0.2) is 4.99 Å². The summed E-state index contributed by atoms with van der Waals surface area (Å²) in [6.45, 7) is 2.86. The Labute approximate surface area is 135 Å². The van der Waals surface area contributed by atoms with Crippen LogP contribution in [0.4, 0.5) is 13.2 Å². The zero-order valence-corrected chi connectivity index (χ0v) is 13.9. The zero-order valence-electron chi connectivity index (χ0n) is 13.9. The molecule has 1 atom stereocenters. The van der Waals surface area contributed by atoms with Gasteiger partial charge in [-0.25, -0.2) is 0 Å². The van der Waals surface area contributed by atoms with Gasteiger partial charge >= 0.3 is 6.18 Å². The number of alkyl halides is 3. The standard InChI is InChI=1S/C14H26F3N5O/c1-4-12(23)22-7-5-11(9-22)20-13(18-2)19-6-8-21(3)10-14(15,16)17/h11H,4-10H2,1-3H3,(H2,18,19,20). The molecule has 1 rings (SSSR count). The van der Waals surface area contributed by atoms with Gasteiger partial charge in [-0.2, -0.15) is 13.2 Å². The number of aliphatic imine (C=N–C) groups is 1. The number of hydrogen-bond donors (Lipinski definition) is 2. The molecule has 6 nitrogen and oxygen atoms in total. The summed E-state index contributed by atoms with van der Waals surface area (Å²) < 4.78 is 36.7. The maximum atomic E-state index is 12.2. The Bertz CT molecular complexity index is 414. The number of guanidine groups is 1. The minimum Gasteiger partial charge on any atom is -0.355 e. The molecule has 1 amide bonds.